The van der Waals surface area contributed by atoms with Crippen molar-refractivity contribution in [2.45, 2.75) is 63.6 Å². The van der Waals surface area contributed by atoms with Crippen LogP contribution in [0.15, 0.2) is 91.0 Å². The summed E-state index contributed by atoms with van der Waals surface area (Å²) in [6.45, 7) is 9.29. The lowest BCUT2D eigenvalue weighted by molar-refractivity contribution is -0.0844. The van der Waals surface area contributed by atoms with Crippen LogP contribution in [0.2, 0.25) is 0 Å². The van der Waals surface area contributed by atoms with Gasteiger partial charge in [0.25, 0.3) is 0 Å². The van der Waals surface area contributed by atoms with Gasteiger partial charge >= 0.3 is 0 Å². The second kappa shape index (κ2) is 13.5. The van der Waals surface area contributed by atoms with Gasteiger partial charge in [-0.2, -0.15) is 5.26 Å². The van der Waals surface area contributed by atoms with E-state index >= 15 is 0 Å². The molecule has 0 aromatic heterocycles. The molecule has 3 aromatic carbocycles. The minimum Gasteiger partial charge on any atom is -0.362 e. The molecule has 0 bridgehead atoms. The lowest BCUT2D eigenvalue weighted by Crippen LogP contribution is -2.46. The Morgan fingerprint density at radius 1 is 0.771 bits per heavy atom. The fourth-order valence-corrected chi connectivity index (χ4v) is 6.34. The molecule has 4 heteroatoms. The minimum absolute atomic E-state index is 0.174. The summed E-state index contributed by atoms with van der Waals surface area (Å²) in [5.74, 6) is 0.932. The first kappa shape index (κ1) is 27.0. The van der Waals surface area contributed by atoms with Gasteiger partial charge in [0.15, 0.2) is 0 Å². The maximum absolute atomic E-state index is 9.38. The standard InChI is InChI=1S/C31H38N2OS/c1-25(2)33(26(3)4)30(21-22-32)34-23-14-24-35-31(27-15-8-5-9-16-27,28-17-10-6-11-18-28)29-19-12-7-13-20-29/h5-13,15-20,25-26,30H,14,21,23-24H2,1-4H3. The lowest BCUT2D eigenvalue weighted by atomic mass is 9.84. The quantitative estimate of drug-likeness (QED) is 0.143. The minimum atomic E-state index is -0.308. The molecule has 0 saturated carbocycles. The molecule has 0 radical (unpaired) electrons. The zero-order valence-corrected chi connectivity index (χ0v) is 22.2. The molecule has 0 saturated heterocycles. The Labute approximate surface area is 216 Å². The number of thioether (sulfide) groups is 1. The van der Waals surface area contributed by atoms with Crippen molar-refractivity contribution in [1.29, 1.82) is 5.26 Å². The van der Waals surface area contributed by atoms with Gasteiger partial charge in [0, 0.05) is 18.7 Å². The summed E-state index contributed by atoms with van der Waals surface area (Å²) in [4.78, 5) is 2.29. The maximum Gasteiger partial charge on any atom is 0.124 e. The SMILES string of the molecule is CC(C)N(C(C)C)C(CC#N)OCCCSC(c1ccccc1)(c1ccccc1)c1ccccc1. The van der Waals surface area contributed by atoms with Gasteiger partial charge in [-0.3, -0.25) is 4.90 Å². The molecule has 0 aliphatic rings. The van der Waals surface area contributed by atoms with Crippen LogP contribution in [0.3, 0.4) is 0 Å². The molecule has 1 atom stereocenters. The predicted octanol–water partition coefficient (Wildman–Crippen LogP) is 7.48. The average Bonchev–Trinajstić information content (AvgIpc) is 2.87. The van der Waals surface area contributed by atoms with Gasteiger partial charge in [-0.1, -0.05) is 91.0 Å². The molecule has 0 amide bonds. The fourth-order valence-electron chi connectivity index (χ4n) is 4.86. The molecule has 0 aliphatic carbocycles. The number of ether oxygens (including phenoxy) is 1. The van der Waals surface area contributed by atoms with Gasteiger partial charge in [-0.05, 0) is 56.6 Å². The van der Waals surface area contributed by atoms with Gasteiger partial charge in [0.1, 0.15) is 6.23 Å². The molecule has 184 valence electrons. The first-order valence-electron chi connectivity index (χ1n) is 12.6. The first-order valence-corrected chi connectivity index (χ1v) is 13.6. The number of nitrogens with zero attached hydrogens (tertiary/aromatic N) is 2. The van der Waals surface area contributed by atoms with E-state index in [1.807, 2.05) is 11.8 Å². The van der Waals surface area contributed by atoms with Crippen LogP contribution in [-0.4, -0.2) is 35.6 Å². The monoisotopic (exact) mass is 486 g/mol. The zero-order chi connectivity index (χ0) is 25.1. The van der Waals surface area contributed by atoms with Crippen molar-refractivity contribution in [1.82, 2.24) is 4.90 Å². The van der Waals surface area contributed by atoms with Crippen LogP contribution in [0.25, 0.3) is 0 Å². The summed E-state index contributed by atoms with van der Waals surface area (Å²) in [7, 11) is 0. The van der Waals surface area contributed by atoms with Gasteiger partial charge in [-0.25, -0.2) is 0 Å². The second-order valence-electron chi connectivity index (χ2n) is 9.30. The van der Waals surface area contributed by atoms with Gasteiger partial charge in [0.2, 0.25) is 0 Å². The zero-order valence-electron chi connectivity index (χ0n) is 21.4. The predicted molar refractivity (Wildman–Crippen MR) is 148 cm³/mol. The van der Waals surface area contributed by atoms with Crippen molar-refractivity contribution in [3.05, 3.63) is 108 Å². The highest BCUT2D eigenvalue weighted by molar-refractivity contribution is 8.00. The number of rotatable bonds is 13. The Morgan fingerprint density at radius 3 is 1.57 bits per heavy atom. The van der Waals surface area contributed by atoms with E-state index in [9.17, 15) is 5.26 Å². The highest BCUT2D eigenvalue weighted by Gasteiger charge is 2.36. The van der Waals surface area contributed by atoms with E-state index in [-0.39, 0.29) is 11.0 Å². The van der Waals surface area contributed by atoms with Crippen LogP contribution in [0.5, 0.6) is 0 Å². The third-order valence-corrected chi connectivity index (χ3v) is 7.88. The van der Waals surface area contributed by atoms with Crippen molar-refractivity contribution in [3.8, 4) is 6.07 Å². The molecular formula is C31H38N2OS. The summed E-state index contributed by atoms with van der Waals surface area (Å²) in [6.07, 6.45) is 1.11. The molecule has 35 heavy (non-hydrogen) atoms. The van der Waals surface area contributed by atoms with Crippen molar-refractivity contribution in [2.75, 3.05) is 12.4 Å². The maximum atomic E-state index is 9.38. The molecule has 3 aromatic rings. The van der Waals surface area contributed by atoms with Gasteiger partial charge in [0.05, 0.1) is 17.2 Å². The largest absolute Gasteiger partial charge is 0.362 e. The number of benzene rings is 3. The molecule has 0 N–H and O–H groups in total. The van der Waals surface area contributed by atoms with E-state index < -0.39 is 0 Å². The van der Waals surface area contributed by atoms with Gasteiger partial charge < -0.3 is 4.74 Å². The van der Waals surface area contributed by atoms with Crippen molar-refractivity contribution in [3.63, 3.8) is 0 Å². The Hall–Kier alpha value is -2.58. The number of hydrogen-bond acceptors (Lipinski definition) is 4. The van der Waals surface area contributed by atoms with Crippen molar-refractivity contribution < 1.29 is 4.74 Å². The topological polar surface area (TPSA) is 36.3 Å². The highest BCUT2D eigenvalue weighted by atomic mass is 32.2. The Bertz CT molecular complexity index is 927. The molecule has 0 heterocycles. The summed E-state index contributed by atoms with van der Waals surface area (Å²) >= 11 is 1.96. The second-order valence-corrected chi connectivity index (χ2v) is 10.6. The molecule has 0 spiro atoms. The molecule has 1 unspecified atom stereocenters. The molecule has 0 aliphatic heterocycles. The van der Waals surface area contributed by atoms with E-state index in [0.717, 1.165) is 12.2 Å². The lowest BCUT2D eigenvalue weighted by Gasteiger charge is -2.37. The van der Waals surface area contributed by atoms with Crippen LogP contribution in [0, 0.1) is 11.3 Å². The van der Waals surface area contributed by atoms with Crippen LogP contribution >= 0.6 is 11.8 Å². The van der Waals surface area contributed by atoms with Crippen LogP contribution in [0.4, 0.5) is 0 Å². The van der Waals surface area contributed by atoms with E-state index in [4.69, 9.17) is 4.74 Å². The van der Waals surface area contributed by atoms with Gasteiger partial charge in [-0.15, -0.1) is 11.8 Å². The summed E-state index contributed by atoms with van der Waals surface area (Å²) < 4.78 is 5.98. The van der Waals surface area contributed by atoms with E-state index in [2.05, 4.69) is 130 Å². The van der Waals surface area contributed by atoms with Crippen LogP contribution in [0.1, 0.15) is 57.2 Å². The summed E-state index contributed by atoms with van der Waals surface area (Å²) in [5, 5.41) is 9.38. The Morgan fingerprint density at radius 2 is 1.20 bits per heavy atom. The van der Waals surface area contributed by atoms with E-state index in [1.165, 1.54) is 16.7 Å². The Balaban J connectivity index is 1.82. The first-order chi connectivity index (χ1) is 17.0. The third-order valence-electron chi connectivity index (χ3n) is 6.25. The Kier molecular flexibility index (Phi) is 10.4. The van der Waals surface area contributed by atoms with E-state index in [0.29, 0.717) is 25.1 Å². The van der Waals surface area contributed by atoms with Crippen molar-refractivity contribution in [2.24, 2.45) is 0 Å². The van der Waals surface area contributed by atoms with Crippen LogP contribution < -0.4 is 0 Å². The molecule has 3 rings (SSSR count). The fraction of sp³-hybridized carbons (Fsp3) is 0.387. The average molecular weight is 487 g/mol. The van der Waals surface area contributed by atoms with E-state index in [1.54, 1.807) is 0 Å². The normalized spacial score (nSPS) is 12.7. The molecule has 0 fully saturated rings. The molecule has 3 nitrogen and oxygen atoms in total. The third kappa shape index (κ3) is 6.76. The smallest absolute Gasteiger partial charge is 0.124 e. The highest BCUT2D eigenvalue weighted by Crippen LogP contribution is 2.48. The summed E-state index contributed by atoms with van der Waals surface area (Å²) in [6, 6.07) is 35.3. The number of hydrogen-bond donors (Lipinski definition) is 0. The number of nitriles is 1. The van der Waals surface area contributed by atoms with Crippen molar-refractivity contribution >= 4 is 11.8 Å². The summed E-state index contributed by atoms with van der Waals surface area (Å²) in [5.41, 5.74) is 3.82. The van der Waals surface area contributed by atoms with Crippen LogP contribution in [-0.2, 0) is 9.48 Å². The molecular weight excluding hydrogens is 448 g/mol.